The van der Waals surface area contributed by atoms with Crippen molar-refractivity contribution >= 4 is 16.9 Å². The highest BCUT2D eigenvalue weighted by Gasteiger charge is 2.30. The second-order valence-electron chi connectivity index (χ2n) is 5.27. The van der Waals surface area contributed by atoms with E-state index in [0.29, 0.717) is 5.41 Å². The minimum atomic E-state index is 0.402. The number of thioether (sulfide) groups is 1. The van der Waals surface area contributed by atoms with Gasteiger partial charge in [0.05, 0.1) is 5.69 Å². The zero-order chi connectivity index (χ0) is 13.9. The van der Waals surface area contributed by atoms with Gasteiger partial charge in [-0.1, -0.05) is 30.8 Å². The van der Waals surface area contributed by atoms with Crippen LogP contribution in [0.15, 0.2) is 9.52 Å². The van der Waals surface area contributed by atoms with Gasteiger partial charge in [-0.3, -0.25) is 4.99 Å². The lowest BCUT2D eigenvalue weighted by atomic mass is 9.84. The van der Waals surface area contributed by atoms with Crippen LogP contribution in [0.25, 0.3) is 0 Å². The summed E-state index contributed by atoms with van der Waals surface area (Å²) in [6.07, 6.45) is 2.41. The molecule has 1 aliphatic heterocycles. The summed E-state index contributed by atoms with van der Waals surface area (Å²) in [5.74, 6) is 2.05. The van der Waals surface area contributed by atoms with Gasteiger partial charge in [-0.2, -0.15) is 0 Å². The zero-order valence-electron chi connectivity index (χ0n) is 12.2. The van der Waals surface area contributed by atoms with E-state index in [1.807, 2.05) is 25.6 Å². The van der Waals surface area contributed by atoms with Crippen LogP contribution in [0.1, 0.15) is 43.7 Å². The molecule has 19 heavy (non-hydrogen) atoms. The van der Waals surface area contributed by atoms with E-state index >= 15 is 0 Å². The SMILES string of the molecule is CCC1(CC)CN=C(NCc2c(C)noc2C)SC1. The summed E-state index contributed by atoms with van der Waals surface area (Å²) < 4.78 is 5.17. The molecule has 2 rings (SSSR count). The second-order valence-corrected chi connectivity index (χ2v) is 6.24. The second kappa shape index (κ2) is 5.99. The van der Waals surface area contributed by atoms with E-state index in [9.17, 15) is 0 Å². The van der Waals surface area contributed by atoms with E-state index in [1.54, 1.807) is 0 Å². The van der Waals surface area contributed by atoms with Gasteiger partial charge in [0.25, 0.3) is 0 Å². The lowest BCUT2D eigenvalue weighted by Crippen LogP contribution is -2.34. The highest BCUT2D eigenvalue weighted by molar-refractivity contribution is 8.13. The van der Waals surface area contributed by atoms with Crippen LogP contribution in [-0.2, 0) is 6.54 Å². The maximum Gasteiger partial charge on any atom is 0.156 e. The summed E-state index contributed by atoms with van der Waals surface area (Å²) in [6, 6.07) is 0. The van der Waals surface area contributed by atoms with Gasteiger partial charge in [0.2, 0.25) is 0 Å². The Morgan fingerprint density at radius 1 is 1.32 bits per heavy atom. The van der Waals surface area contributed by atoms with Gasteiger partial charge >= 0.3 is 0 Å². The predicted octanol–water partition coefficient (Wildman–Crippen LogP) is 3.29. The van der Waals surface area contributed by atoms with Gasteiger partial charge in [-0.15, -0.1) is 0 Å². The molecule has 0 atom stereocenters. The normalized spacial score (nSPS) is 18.2. The molecule has 4 nitrogen and oxygen atoms in total. The predicted molar refractivity (Wildman–Crippen MR) is 80.6 cm³/mol. The van der Waals surface area contributed by atoms with E-state index in [4.69, 9.17) is 9.52 Å². The Morgan fingerprint density at radius 3 is 2.53 bits per heavy atom. The fraction of sp³-hybridized carbons (Fsp3) is 0.714. The minimum Gasteiger partial charge on any atom is -0.361 e. The average molecular weight is 281 g/mol. The molecule has 0 saturated carbocycles. The molecule has 2 heterocycles. The first kappa shape index (κ1) is 14.4. The highest BCUT2D eigenvalue weighted by atomic mass is 32.2. The number of hydrogen-bond acceptors (Lipinski definition) is 5. The standard InChI is InChI=1S/C14H23N3OS/c1-5-14(6-2)8-16-13(19-9-14)15-7-12-10(3)17-18-11(12)4/h5-9H2,1-4H3,(H,15,16). The van der Waals surface area contributed by atoms with E-state index in [-0.39, 0.29) is 0 Å². The van der Waals surface area contributed by atoms with Gasteiger partial charge in [-0.05, 0) is 32.1 Å². The van der Waals surface area contributed by atoms with Crippen molar-refractivity contribution in [3.8, 4) is 0 Å². The highest BCUT2D eigenvalue weighted by Crippen LogP contribution is 2.34. The molecule has 0 spiro atoms. The largest absolute Gasteiger partial charge is 0.361 e. The smallest absolute Gasteiger partial charge is 0.156 e. The van der Waals surface area contributed by atoms with E-state index in [0.717, 1.165) is 41.0 Å². The van der Waals surface area contributed by atoms with Crippen LogP contribution in [0, 0.1) is 19.3 Å². The van der Waals surface area contributed by atoms with Crippen LogP contribution in [0.3, 0.4) is 0 Å². The number of aliphatic imine (C=N–C) groups is 1. The fourth-order valence-electron chi connectivity index (χ4n) is 2.26. The summed E-state index contributed by atoms with van der Waals surface area (Å²) in [7, 11) is 0. The molecule has 5 heteroatoms. The van der Waals surface area contributed by atoms with Crippen LogP contribution in [0.5, 0.6) is 0 Å². The van der Waals surface area contributed by atoms with Crippen molar-refractivity contribution in [3.63, 3.8) is 0 Å². The molecular weight excluding hydrogens is 258 g/mol. The molecule has 0 bridgehead atoms. The third-order valence-electron chi connectivity index (χ3n) is 4.17. The molecule has 0 aliphatic carbocycles. The maximum atomic E-state index is 5.17. The van der Waals surface area contributed by atoms with E-state index in [1.165, 1.54) is 12.8 Å². The average Bonchev–Trinajstić information content (AvgIpc) is 2.77. The van der Waals surface area contributed by atoms with Crippen molar-refractivity contribution in [3.05, 3.63) is 17.0 Å². The fourth-order valence-corrected chi connectivity index (χ4v) is 3.53. The van der Waals surface area contributed by atoms with Crippen LogP contribution in [0.4, 0.5) is 0 Å². The summed E-state index contributed by atoms with van der Waals surface area (Å²) in [5, 5.41) is 8.43. The molecular formula is C14H23N3OS. The molecule has 0 radical (unpaired) electrons. The summed E-state index contributed by atoms with van der Waals surface area (Å²) in [4.78, 5) is 4.70. The van der Waals surface area contributed by atoms with Crippen LogP contribution >= 0.6 is 11.8 Å². The van der Waals surface area contributed by atoms with Crippen molar-refractivity contribution in [2.75, 3.05) is 12.3 Å². The van der Waals surface area contributed by atoms with Gasteiger partial charge < -0.3 is 9.84 Å². The summed E-state index contributed by atoms with van der Waals surface area (Å²) >= 11 is 1.84. The van der Waals surface area contributed by atoms with Gasteiger partial charge in [0, 0.05) is 24.4 Å². The molecule has 0 fully saturated rings. The molecule has 1 aromatic rings. The van der Waals surface area contributed by atoms with Crippen molar-refractivity contribution < 1.29 is 4.52 Å². The van der Waals surface area contributed by atoms with Crippen molar-refractivity contribution in [2.24, 2.45) is 10.4 Å². The Hall–Kier alpha value is -0.970. The van der Waals surface area contributed by atoms with Gasteiger partial charge in [0.15, 0.2) is 5.17 Å². The molecule has 1 aliphatic rings. The van der Waals surface area contributed by atoms with E-state index in [2.05, 4.69) is 24.3 Å². The Balaban J connectivity index is 1.94. The Bertz CT molecular complexity index is 444. The lowest BCUT2D eigenvalue weighted by Gasteiger charge is -2.33. The molecule has 0 amide bonds. The van der Waals surface area contributed by atoms with Crippen molar-refractivity contribution in [1.82, 2.24) is 10.5 Å². The van der Waals surface area contributed by atoms with Gasteiger partial charge in [0.1, 0.15) is 5.76 Å². The van der Waals surface area contributed by atoms with Crippen LogP contribution in [0.2, 0.25) is 0 Å². The summed E-state index contributed by atoms with van der Waals surface area (Å²) in [6.45, 7) is 10.1. The first-order chi connectivity index (χ1) is 9.10. The maximum absolute atomic E-state index is 5.17. The molecule has 0 unspecified atom stereocenters. The zero-order valence-corrected chi connectivity index (χ0v) is 13.1. The van der Waals surface area contributed by atoms with Crippen molar-refractivity contribution in [2.45, 2.75) is 47.1 Å². The Labute approximate surface area is 119 Å². The molecule has 0 saturated heterocycles. The first-order valence-corrected chi connectivity index (χ1v) is 7.91. The molecule has 106 valence electrons. The van der Waals surface area contributed by atoms with Crippen molar-refractivity contribution in [1.29, 1.82) is 0 Å². The number of rotatable bonds is 4. The number of amidine groups is 1. The Morgan fingerprint density at radius 2 is 2.05 bits per heavy atom. The van der Waals surface area contributed by atoms with E-state index < -0.39 is 0 Å². The Kier molecular flexibility index (Phi) is 4.55. The topological polar surface area (TPSA) is 50.4 Å². The van der Waals surface area contributed by atoms with Crippen LogP contribution < -0.4 is 5.32 Å². The monoisotopic (exact) mass is 281 g/mol. The quantitative estimate of drug-likeness (QED) is 0.920. The first-order valence-electron chi connectivity index (χ1n) is 6.93. The lowest BCUT2D eigenvalue weighted by molar-refractivity contribution is 0.318. The number of nitrogens with one attached hydrogen (secondary N) is 1. The number of hydrogen-bond donors (Lipinski definition) is 1. The number of aryl methyl sites for hydroxylation is 2. The number of aromatic nitrogens is 1. The molecule has 1 N–H and O–H groups in total. The van der Waals surface area contributed by atoms with Gasteiger partial charge in [-0.25, -0.2) is 0 Å². The third-order valence-corrected chi connectivity index (χ3v) is 5.47. The molecule has 0 aromatic carbocycles. The van der Waals surface area contributed by atoms with Crippen LogP contribution in [-0.4, -0.2) is 22.6 Å². The third kappa shape index (κ3) is 3.14. The minimum absolute atomic E-state index is 0.402. The summed E-state index contributed by atoms with van der Waals surface area (Å²) in [5.41, 5.74) is 2.51. The molecule has 1 aromatic heterocycles. The number of nitrogens with zero attached hydrogens (tertiary/aromatic N) is 2.